The highest BCUT2D eigenvalue weighted by atomic mass is 35.5. The van der Waals surface area contributed by atoms with Gasteiger partial charge in [-0.25, -0.2) is 4.79 Å². The molecule has 0 bridgehead atoms. The molecule has 0 saturated carbocycles. The number of aromatic amines is 1. The lowest BCUT2D eigenvalue weighted by molar-refractivity contribution is -0.165. The molecule has 1 fully saturated rings. The van der Waals surface area contributed by atoms with Crippen LogP contribution >= 0.6 is 11.6 Å². The van der Waals surface area contributed by atoms with Crippen LogP contribution < -0.4 is 10.6 Å². The predicted octanol–water partition coefficient (Wildman–Crippen LogP) is 4.32. The van der Waals surface area contributed by atoms with Gasteiger partial charge in [-0.1, -0.05) is 29.8 Å². The number of aromatic nitrogens is 2. The van der Waals surface area contributed by atoms with E-state index in [1.165, 1.54) is 6.20 Å². The monoisotopic (exact) mass is 574 g/mol. The van der Waals surface area contributed by atoms with Crippen LogP contribution in [0.4, 0.5) is 23.7 Å². The molecule has 3 aromatic rings. The Labute approximate surface area is 232 Å². The molecule has 3 N–H and O–H groups in total. The zero-order chi connectivity index (χ0) is 28.2. The molecule has 6 rings (SSSR count). The maximum atomic E-state index is 13.5. The molecular weight excluding hydrogens is 549 g/mol. The third-order valence-corrected chi connectivity index (χ3v) is 8.47. The van der Waals surface area contributed by atoms with Gasteiger partial charge in [0.1, 0.15) is 6.54 Å². The van der Waals surface area contributed by atoms with Gasteiger partial charge in [-0.3, -0.25) is 14.7 Å². The molecule has 3 aliphatic rings. The van der Waals surface area contributed by atoms with Crippen molar-refractivity contribution in [3.05, 3.63) is 58.2 Å². The molecule has 1 saturated heterocycles. The van der Waals surface area contributed by atoms with Crippen LogP contribution in [-0.2, 0) is 28.1 Å². The van der Waals surface area contributed by atoms with Crippen molar-refractivity contribution in [2.24, 2.45) is 5.92 Å². The van der Waals surface area contributed by atoms with Crippen molar-refractivity contribution >= 4 is 46.0 Å². The minimum Gasteiger partial charge on any atom is -0.342 e. The highest BCUT2D eigenvalue weighted by Gasteiger charge is 2.44. The first-order valence-corrected chi connectivity index (χ1v) is 13.4. The number of H-pyrrole nitrogens is 1. The first kappa shape index (κ1) is 26.4. The van der Waals surface area contributed by atoms with Crippen LogP contribution in [0.2, 0.25) is 5.02 Å². The van der Waals surface area contributed by atoms with Gasteiger partial charge in [0, 0.05) is 42.7 Å². The molecule has 4 heterocycles. The van der Waals surface area contributed by atoms with Gasteiger partial charge in [-0.2, -0.15) is 18.3 Å². The second-order valence-corrected chi connectivity index (χ2v) is 11.1. The smallest absolute Gasteiger partial charge is 0.342 e. The first-order chi connectivity index (χ1) is 19.0. The van der Waals surface area contributed by atoms with E-state index in [0.717, 1.165) is 16.2 Å². The normalized spacial score (nSPS) is 20.6. The van der Waals surface area contributed by atoms with Crippen LogP contribution in [0.3, 0.4) is 0 Å². The first-order valence-electron chi connectivity index (χ1n) is 13.0. The molecular formula is C27H26ClF3N6O3. The number of piperidine rings is 1. The number of hydrogen-bond donors (Lipinski definition) is 3. The summed E-state index contributed by atoms with van der Waals surface area (Å²) >= 11 is 6.40. The summed E-state index contributed by atoms with van der Waals surface area (Å²) in [7, 11) is 0. The number of halogens is 4. The molecule has 4 amide bonds. The maximum absolute atomic E-state index is 13.5. The number of anilines is 1. The topological polar surface area (TPSA) is 110 Å². The molecule has 2 aromatic carbocycles. The van der Waals surface area contributed by atoms with Gasteiger partial charge < -0.3 is 20.4 Å². The number of para-hydroxylation sites is 1. The van der Waals surface area contributed by atoms with Crippen LogP contribution in [0, 0.1) is 5.92 Å². The average molecular weight is 575 g/mol. The minimum absolute atomic E-state index is 0.0853. The molecule has 1 aromatic heterocycles. The summed E-state index contributed by atoms with van der Waals surface area (Å²) in [4.78, 5) is 41.6. The number of hydrogen-bond acceptors (Lipinski definition) is 4. The van der Waals surface area contributed by atoms with Crippen LogP contribution in [-0.4, -0.2) is 63.7 Å². The second-order valence-electron chi connectivity index (χ2n) is 10.7. The van der Waals surface area contributed by atoms with E-state index >= 15 is 0 Å². The van der Waals surface area contributed by atoms with Gasteiger partial charge in [0.05, 0.1) is 28.2 Å². The third kappa shape index (κ3) is 4.74. The Bertz CT molecular complexity index is 1510. The van der Waals surface area contributed by atoms with Crippen LogP contribution in [0.15, 0.2) is 36.5 Å². The fourth-order valence-electron chi connectivity index (χ4n) is 6.26. The van der Waals surface area contributed by atoms with Crippen molar-refractivity contribution in [1.82, 2.24) is 25.3 Å². The summed E-state index contributed by atoms with van der Waals surface area (Å²) in [5.41, 5.74) is 2.71. The number of likely N-dealkylation sites (tertiary alicyclic amines) is 1. The molecule has 9 nitrogen and oxygen atoms in total. The maximum Gasteiger partial charge on any atom is 0.406 e. The number of rotatable bonds is 3. The number of fused-ring (bicyclic) bond motifs is 5. The van der Waals surface area contributed by atoms with Gasteiger partial charge in [0.15, 0.2) is 0 Å². The van der Waals surface area contributed by atoms with E-state index in [9.17, 15) is 27.6 Å². The summed E-state index contributed by atoms with van der Waals surface area (Å²) in [5, 5.41) is 13.5. The van der Waals surface area contributed by atoms with Crippen LogP contribution in [0.5, 0.6) is 0 Å². The van der Waals surface area contributed by atoms with Crippen molar-refractivity contribution < 1.29 is 27.6 Å². The molecule has 1 unspecified atom stereocenters. The Morgan fingerprint density at radius 3 is 2.67 bits per heavy atom. The highest BCUT2D eigenvalue weighted by molar-refractivity contribution is 6.35. The summed E-state index contributed by atoms with van der Waals surface area (Å²) in [6.45, 7) is -1.01. The van der Waals surface area contributed by atoms with E-state index in [2.05, 4.69) is 20.8 Å². The number of benzene rings is 2. The van der Waals surface area contributed by atoms with E-state index in [4.69, 9.17) is 11.6 Å². The van der Waals surface area contributed by atoms with E-state index < -0.39 is 30.1 Å². The number of nitrogens with zero attached hydrogens (tertiary/aromatic N) is 3. The van der Waals surface area contributed by atoms with Crippen molar-refractivity contribution in [3.63, 3.8) is 0 Å². The SMILES string of the molecule is O=C1Nc2ccccc2C2(CCN(C(=O)CC3Cc4cc(Cl)c5[nH]ncc5c4CN(CC(F)(F)F)C3=O)CC2)N1. The van der Waals surface area contributed by atoms with Gasteiger partial charge in [-0.15, -0.1) is 0 Å². The van der Waals surface area contributed by atoms with Gasteiger partial charge in [0.2, 0.25) is 11.8 Å². The summed E-state index contributed by atoms with van der Waals surface area (Å²) in [6.07, 6.45) is -2.32. The minimum atomic E-state index is -4.60. The molecule has 0 aliphatic carbocycles. The zero-order valence-electron chi connectivity index (χ0n) is 21.3. The Hall–Kier alpha value is -3.80. The van der Waals surface area contributed by atoms with Crippen molar-refractivity contribution in [3.8, 4) is 0 Å². The largest absolute Gasteiger partial charge is 0.406 e. The quantitative estimate of drug-likeness (QED) is 0.433. The molecule has 3 aliphatic heterocycles. The van der Waals surface area contributed by atoms with E-state index in [1.54, 1.807) is 11.0 Å². The lowest BCUT2D eigenvalue weighted by Gasteiger charge is -2.45. The third-order valence-electron chi connectivity index (χ3n) is 8.17. The Kier molecular flexibility index (Phi) is 6.40. The van der Waals surface area contributed by atoms with Gasteiger partial charge in [0.25, 0.3) is 0 Å². The zero-order valence-corrected chi connectivity index (χ0v) is 22.0. The van der Waals surface area contributed by atoms with Gasteiger partial charge >= 0.3 is 12.2 Å². The van der Waals surface area contributed by atoms with Crippen molar-refractivity contribution in [2.45, 2.75) is 43.9 Å². The molecule has 40 heavy (non-hydrogen) atoms. The molecule has 210 valence electrons. The number of amides is 4. The predicted molar refractivity (Wildman–Crippen MR) is 140 cm³/mol. The molecule has 0 radical (unpaired) electrons. The Morgan fingerprint density at radius 1 is 1.18 bits per heavy atom. The molecule has 13 heteroatoms. The Morgan fingerprint density at radius 2 is 1.93 bits per heavy atom. The lowest BCUT2D eigenvalue weighted by atomic mass is 9.79. The van der Waals surface area contributed by atoms with E-state index in [-0.39, 0.29) is 31.3 Å². The van der Waals surface area contributed by atoms with E-state index in [0.29, 0.717) is 53.0 Å². The van der Waals surface area contributed by atoms with Crippen molar-refractivity contribution in [1.29, 1.82) is 0 Å². The lowest BCUT2D eigenvalue weighted by Crippen LogP contribution is -2.57. The Balaban J connectivity index is 1.23. The van der Waals surface area contributed by atoms with Crippen LogP contribution in [0.1, 0.15) is 36.0 Å². The standard InChI is InChI=1S/C27H26ClF3N6O3/c28-20-10-15-9-16(24(39)37(14-27(29,30)31)13-18(15)17-12-32-35-23(17)20)11-22(38)36-7-5-26(6-8-36)19-3-1-2-4-21(19)33-25(40)34-26/h1-4,10,12,16H,5-9,11,13-14H2,(H,32,35)(H2,33,34,40). The van der Waals surface area contributed by atoms with E-state index in [1.807, 2.05) is 24.3 Å². The molecule has 1 atom stereocenters. The van der Waals surface area contributed by atoms with Gasteiger partial charge in [-0.05, 0) is 42.5 Å². The fourth-order valence-corrected chi connectivity index (χ4v) is 6.54. The highest BCUT2D eigenvalue weighted by Crippen LogP contribution is 2.40. The average Bonchev–Trinajstić information content (AvgIpc) is 3.36. The summed E-state index contributed by atoms with van der Waals surface area (Å²) < 4.78 is 40.5. The number of urea groups is 1. The molecule has 1 spiro atoms. The van der Waals surface area contributed by atoms with Crippen molar-refractivity contribution in [2.75, 3.05) is 25.0 Å². The van der Waals surface area contributed by atoms with Crippen LogP contribution in [0.25, 0.3) is 10.9 Å². The summed E-state index contributed by atoms with van der Waals surface area (Å²) in [5.74, 6) is -2.01. The number of carbonyl (C=O) groups excluding carboxylic acids is 3. The number of alkyl halides is 3. The summed E-state index contributed by atoms with van der Waals surface area (Å²) in [6, 6.07) is 8.84. The fraction of sp³-hybridized carbons (Fsp3) is 0.407. The number of nitrogens with one attached hydrogen (secondary N) is 3. The number of carbonyl (C=O) groups is 3. The second kappa shape index (κ2) is 9.69.